The van der Waals surface area contributed by atoms with Gasteiger partial charge in [-0.05, 0) is 55.3 Å². The minimum Gasteiger partial charge on any atom is -0.508 e. The fourth-order valence-corrected chi connectivity index (χ4v) is 5.21. The molecule has 0 aliphatic carbocycles. The van der Waals surface area contributed by atoms with Gasteiger partial charge in [-0.3, -0.25) is 9.36 Å². The van der Waals surface area contributed by atoms with E-state index in [-0.39, 0.29) is 17.9 Å². The molecule has 1 N–H and O–H groups in total. The molecule has 9 heteroatoms. The molecule has 0 bridgehead atoms. The predicted molar refractivity (Wildman–Crippen MR) is 137 cm³/mol. The van der Waals surface area contributed by atoms with E-state index < -0.39 is 12.0 Å². The summed E-state index contributed by atoms with van der Waals surface area (Å²) in [4.78, 5) is 32.4. The van der Waals surface area contributed by atoms with Crippen molar-refractivity contribution in [2.24, 2.45) is 4.99 Å². The van der Waals surface area contributed by atoms with Crippen molar-refractivity contribution in [1.29, 1.82) is 0 Å². The Morgan fingerprint density at radius 1 is 1.14 bits per heavy atom. The summed E-state index contributed by atoms with van der Waals surface area (Å²) < 4.78 is 18.5. The van der Waals surface area contributed by atoms with Crippen LogP contribution in [0.2, 0.25) is 0 Å². The van der Waals surface area contributed by atoms with Crippen LogP contribution in [0.1, 0.15) is 43.9 Å². The number of hydrogen-bond donors (Lipinski definition) is 1. The first-order valence-electron chi connectivity index (χ1n) is 11.6. The number of nitrogens with zero attached hydrogens (tertiary/aromatic N) is 2. The van der Waals surface area contributed by atoms with Gasteiger partial charge in [-0.15, -0.1) is 0 Å². The van der Waals surface area contributed by atoms with E-state index in [0.29, 0.717) is 44.1 Å². The molecule has 2 aromatic carbocycles. The Bertz CT molecular complexity index is 1480. The van der Waals surface area contributed by atoms with Crippen molar-refractivity contribution in [3.8, 4) is 17.2 Å². The van der Waals surface area contributed by atoms with Gasteiger partial charge >= 0.3 is 5.97 Å². The van der Waals surface area contributed by atoms with Crippen LogP contribution in [0.15, 0.2) is 63.5 Å². The summed E-state index contributed by atoms with van der Waals surface area (Å²) in [6.45, 7) is 3.94. The van der Waals surface area contributed by atoms with Gasteiger partial charge in [0, 0.05) is 5.56 Å². The molecule has 0 fully saturated rings. The number of phenols is 1. The van der Waals surface area contributed by atoms with Gasteiger partial charge in [0.25, 0.3) is 5.56 Å². The highest BCUT2D eigenvalue weighted by Gasteiger charge is 2.36. The van der Waals surface area contributed by atoms with Crippen molar-refractivity contribution < 1.29 is 24.1 Å². The van der Waals surface area contributed by atoms with Gasteiger partial charge in [0.05, 0.1) is 36.6 Å². The largest absolute Gasteiger partial charge is 0.508 e. The van der Waals surface area contributed by atoms with Crippen molar-refractivity contribution >= 4 is 23.4 Å². The lowest BCUT2D eigenvalue weighted by Crippen LogP contribution is -2.40. The molecule has 1 aliphatic heterocycles. The molecule has 1 aliphatic rings. The number of allylic oxidation sites excluding steroid dienone is 1. The topological polar surface area (TPSA) is 99.4 Å². The molecule has 2 heterocycles. The monoisotopic (exact) mass is 508 g/mol. The summed E-state index contributed by atoms with van der Waals surface area (Å²) >= 11 is 1.25. The molecule has 0 spiro atoms. The number of aromatic nitrogens is 1. The number of rotatable bonds is 8. The summed E-state index contributed by atoms with van der Waals surface area (Å²) in [5.41, 5.74) is 1.96. The van der Waals surface area contributed by atoms with Crippen LogP contribution in [0, 0.1) is 0 Å². The predicted octanol–water partition coefficient (Wildman–Crippen LogP) is 3.30. The second kappa shape index (κ2) is 10.8. The van der Waals surface area contributed by atoms with Crippen LogP contribution in [-0.2, 0) is 9.53 Å². The van der Waals surface area contributed by atoms with E-state index >= 15 is 0 Å². The lowest BCUT2D eigenvalue weighted by Gasteiger charge is -2.27. The van der Waals surface area contributed by atoms with E-state index in [1.807, 2.05) is 6.92 Å². The molecule has 1 atom stereocenters. The van der Waals surface area contributed by atoms with Gasteiger partial charge in [-0.25, -0.2) is 9.79 Å². The quantitative estimate of drug-likeness (QED) is 0.469. The number of thiazole rings is 1. The Kier molecular flexibility index (Phi) is 7.59. The normalized spacial score (nSPS) is 15.3. The van der Waals surface area contributed by atoms with E-state index in [1.54, 1.807) is 69.7 Å². The zero-order chi connectivity index (χ0) is 25.8. The molecule has 0 unspecified atom stereocenters. The van der Waals surface area contributed by atoms with E-state index in [1.165, 1.54) is 15.9 Å². The second-order valence-corrected chi connectivity index (χ2v) is 9.12. The molecule has 0 amide bonds. The average molecular weight is 509 g/mol. The Labute approximate surface area is 212 Å². The summed E-state index contributed by atoms with van der Waals surface area (Å²) in [5, 5.41) is 9.60. The van der Waals surface area contributed by atoms with Gasteiger partial charge in [0.2, 0.25) is 0 Å². The van der Waals surface area contributed by atoms with Crippen LogP contribution >= 0.6 is 11.3 Å². The van der Waals surface area contributed by atoms with Gasteiger partial charge in [0.1, 0.15) is 23.3 Å². The van der Waals surface area contributed by atoms with Crippen molar-refractivity contribution in [2.45, 2.75) is 32.7 Å². The first kappa shape index (κ1) is 25.2. The zero-order valence-corrected chi connectivity index (χ0v) is 21.4. The zero-order valence-electron chi connectivity index (χ0n) is 20.6. The highest BCUT2D eigenvalue weighted by Crippen LogP contribution is 2.38. The number of phenolic OH excluding ortho intramolecular Hbond substituents is 1. The Hall–Kier alpha value is -3.85. The number of fused-ring (bicyclic) bond motifs is 1. The maximum atomic E-state index is 13.8. The standard InChI is InChI=1S/C27H28N2O6S/c1-5-7-20-23(26(32)35-6-2)24(19-15-18(33-3)12-13-21(19)34-4)29-25(31)22(36-27(29)28-20)14-16-8-10-17(30)11-9-16/h8-15,24,30H,5-7H2,1-4H3/b22-14-/t24-/m0/s1. The number of hydrogen-bond acceptors (Lipinski definition) is 8. The highest BCUT2D eigenvalue weighted by molar-refractivity contribution is 7.07. The van der Waals surface area contributed by atoms with Gasteiger partial charge in [0.15, 0.2) is 4.80 Å². The van der Waals surface area contributed by atoms with Crippen LogP contribution in [0.5, 0.6) is 17.2 Å². The summed E-state index contributed by atoms with van der Waals surface area (Å²) in [6.07, 6.45) is 3.04. The maximum Gasteiger partial charge on any atom is 0.338 e. The fraction of sp³-hybridized carbons (Fsp3) is 0.296. The number of benzene rings is 2. The molecular weight excluding hydrogens is 480 g/mol. The Morgan fingerprint density at radius 3 is 2.53 bits per heavy atom. The molecule has 36 heavy (non-hydrogen) atoms. The van der Waals surface area contributed by atoms with Crippen LogP contribution < -0.4 is 24.4 Å². The number of carbonyl (C=O) groups is 1. The third-order valence-electron chi connectivity index (χ3n) is 5.81. The van der Waals surface area contributed by atoms with Crippen LogP contribution in [0.25, 0.3) is 6.08 Å². The minimum absolute atomic E-state index is 0.141. The lowest BCUT2D eigenvalue weighted by atomic mass is 9.93. The van der Waals surface area contributed by atoms with E-state index in [2.05, 4.69) is 0 Å². The third-order valence-corrected chi connectivity index (χ3v) is 6.80. The maximum absolute atomic E-state index is 13.8. The molecule has 4 rings (SSSR count). The molecule has 3 aromatic rings. The lowest BCUT2D eigenvalue weighted by molar-refractivity contribution is -0.139. The highest BCUT2D eigenvalue weighted by atomic mass is 32.1. The number of aromatic hydroxyl groups is 1. The van der Waals surface area contributed by atoms with Crippen molar-refractivity contribution in [1.82, 2.24) is 4.57 Å². The number of esters is 1. The summed E-state index contributed by atoms with van der Waals surface area (Å²) in [7, 11) is 3.10. The van der Waals surface area contributed by atoms with Crippen molar-refractivity contribution in [3.05, 3.63) is 84.5 Å². The van der Waals surface area contributed by atoms with Crippen LogP contribution in [0.3, 0.4) is 0 Å². The van der Waals surface area contributed by atoms with Gasteiger partial charge < -0.3 is 19.3 Å². The molecule has 1 aromatic heterocycles. The smallest absolute Gasteiger partial charge is 0.338 e. The SMILES string of the molecule is CCCC1=C(C(=O)OCC)[C@H](c2cc(OC)ccc2OC)n2c(s/c(=C\c3ccc(O)cc3)c2=O)=N1. The number of methoxy groups -OCH3 is 2. The van der Waals surface area contributed by atoms with Crippen LogP contribution in [0.4, 0.5) is 0 Å². The third kappa shape index (κ3) is 4.79. The average Bonchev–Trinajstić information content (AvgIpc) is 3.18. The van der Waals surface area contributed by atoms with E-state index in [0.717, 1.165) is 12.0 Å². The first-order valence-corrected chi connectivity index (χ1v) is 12.5. The van der Waals surface area contributed by atoms with Gasteiger partial charge in [-0.1, -0.05) is 36.8 Å². The van der Waals surface area contributed by atoms with E-state index in [9.17, 15) is 14.7 Å². The Morgan fingerprint density at radius 2 is 1.89 bits per heavy atom. The molecule has 0 saturated heterocycles. The first-order chi connectivity index (χ1) is 17.4. The molecule has 0 radical (unpaired) electrons. The summed E-state index contributed by atoms with van der Waals surface area (Å²) in [6, 6.07) is 11.0. The Balaban J connectivity index is 2.05. The van der Waals surface area contributed by atoms with E-state index in [4.69, 9.17) is 19.2 Å². The molecule has 0 saturated carbocycles. The molecule has 8 nitrogen and oxygen atoms in total. The minimum atomic E-state index is -0.811. The number of ether oxygens (including phenoxy) is 3. The van der Waals surface area contributed by atoms with Crippen molar-refractivity contribution in [3.63, 3.8) is 0 Å². The van der Waals surface area contributed by atoms with Crippen molar-refractivity contribution in [2.75, 3.05) is 20.8 Å². The van der Waals surface area contributed by atoms with Gasteiger partial charge in [-0.2, -0.15) is 0 Å². The fourth-order valence-electron chi connectivity index (χ4n) is 4.19. The second-order valence-electron chi connectivity index (χ2n) is 8.11. The molecule has 188 valence electrons. The summed E-state index contributed by atoms with van der Waals surface area (Å²) in [5.74, 6) is 0.692. The van der Waals surface area contributed by atoms with Crippen LogP contribution in [-0.4, -0.2) is 36.5 Å². The number of carbonyl (C=O) groups excluding carboxylic acids is 1. The molecular formula is C27H28N2O6S.